The number of esters is 1. The molecule has 0 aliphatic carbocycles. The van der Waals surface area contributed by atoms with Crippen LogP contribution in [0.4, 0.5) is 4.79 Å². The van der Waals surface area contributed by atoms with E-state index in [2.05, 4.69) is 5.32 Å². The lowest BCUT2D eigenvalue weighted by Gasteiger charge is -2.17. The van der Waals surface area contributed by atoms with Crippen molar-refractivity contribution in [2.75, 3.05) is 6.54 Å². The minimum Gasteiger partial charge on any atom is -0.481 e. The molecule has 0 bridgehead atoms. The molecule has 1 aromatic carbocycles. The minimum absolute atomic E-state index is 0.0414. The smallest absolute Gasteiger partial charge is 0.410 e. The Bertz CT molecular complexity index is 572. The highest BCUT2D eigenvalue weighted by Gasteiger charge is 2.20. The quantitative estimate of drug-likeness (QED) is 0.524. The number of nitrogens with one attached hydrogen (secondary N) is 1. The Morgan fingerprint density at radius 3 is 2.24 bits per heavy atom. The lowest BCUT2D eigenvalue weighted by Crippen LogP contribution is -2.35. The highest BCUT2D eigenvalue weighted by atomic mass is 16.7. The van der Waals surface area contributed by atoms with Gasteiger partial charge in [-0.3, -0.25) is 4.79 Å². The van der Waals surface area contributed by atoms with E-state index in [0.29, 0.717) is 17.9 Å². The van der Waals surface area contributed by atoms with E-state index in [-0.39, 0.29) is 6.54 Å². The number of benzene rings is 1. The molecule has 0 aliphatic heterocycles. The summed E-state index contributed by atoms with van der Waals surface area (Å²) >= 11 is 0. The average Bonchev–Trinajstić information content (AvgIpc) is 2.54. The fraction of sp³-hybridized carbons (Fsp3) is 0.500. The van der Waals surface area contributed by atoms with Gasteiger partial charge in [0.2, 0.25) is 6.29 Å². The molecular weight excluding hydrogens is 326 g/mol. The largest absolute Gasteiger partial charge is 0.481 e. The van der Waals surface area contributed by atoms with Gasteiger partial charge in [-0.15, -0.1) is 0 Å². The van der Waals surface area contributed by atoms with Gasteiger partial charge >= 0.3 is 18.0 Å². The predicted molar refractivity (Wildman–Crippen MR) is 91.0 cm³/mol. The third-order valence-corrected chi connectivity index (χ3v) is 3.49. The van der Waals surface area contributed by atoms with Crippen LogP contribution in [0.5, 0.6) is 0 Å². The van der Waals surface area contributed by atoms with Gasteiger partial charge in [-0.25, -0.2) is 9.59 Å². The van der Waals surface area contributed by atoms with Gasteiger partial charge in [-0.05, 0) is 24.5 Å². The lowest BCUT2D eigenvalue weighted by atomic mass is 9.98. The van der Waals surface area contributed by atoms with Crippen LogP contribution in [0.25, 0.3) is 0 Å². The van der Waals surface area contributed by atoms with Crippen molar-refractivity contribution in [1.29, 1.82) is 0 Å². The van der Waals surface area contributed by atoms with Crippen molar-refractivity contribution in [3.63, 3.8) is 0 Å². The molecular formula is C18H25NO6. The van der Waals surface area contributed by atoms with E-state index in [4.69, 9.17) is 14.6 Å². The molecule has 2 N–H and O–H groups in total. The molecule has 7 nitrogen and oxygen atoms in total. The Hall–Kier alpha value is -2.57. The molecule has 0 aliphatic rings. The number of carboxylic acids is 1. The summed E-state index contributed by atoms with van der Waals surface area (Å²) < 4.78 is 9.91. The molecule has 0 saturated heterocycles. The van der Waals surface area contributed by atoms with Gasteiger partial charge in [-0.1, -0.05) is 38.5 Å². The Labute approximate surface area is 147 Å². The van der Waals surface area contributed by atoms with Crippen molar-refractivity contribution in [2.45, 2.75) is 39.9 Å². The Kier molecular flexibility index (Phi) is 8.46. The maximum atomic E-state index is 11.8. The second-order valence-corrected chi connectivity index (χ2v) is 6.13. The molecule has 25 heavy (non-hydrogen) atoms. The molecule has 1 amide bonds. The van der Waals surface area contributed by atoms with Crippen LogP contribution in [0.2, 0.25) is 0 Å². The number of carboxylic acid groups (broad SMARTS) is 1. The number of hydrogen-bond donors (Lipinski definition) is 2. The van der Waals surface area contributed by atoms with Gasteiger partial charge in [0, 0.05) is 13.5 Å². The monoisotopic (exact) mass is 351 g/mol. The highest BCUT2D eigenvalue weighted by molar-refractivity contribution is 5.89. The van der Waals surface area contributed by atoms with E-state index < -0.39 is 30.2 Å². The molecule has 0 heterocycles. The van der Waals surface area contributed by atoms with E-state index in [1.807, 2.05) is 13.8 Å². The molecule has 0 aromatic heterocycles. The zero-order valence-corrected chi connectivity index (χ0v) is 14.7. The summed E-state index contributed by atoms with van der Waals surface area (Å²) in [5.74, 6) is -1.88. The number of alkyl carbamates (subject to hydrolysis) is 1. The summed E-state index contributed by atoms with van der Waals surface area (Å²) in [6.45, 7) is 5.38. The lowest BCUT2D eigenvalue weighted by molar-refractivity contribution is -0.141. The van der Waals surface area contributed by atoms with Crippen LogP contribution in [-0.4, -0.2) is 36.0 Å². The van der Waals surface area contributed by atoms with Crippen LogP contribution < -0.4 is 5.32 Å². The highest BCUT2D eigenvalue weighted by Crippen LogP contribution is 2.12. The third-order valence-electron chi connectivity index (χ3n) is 3.49. The molecule has 1 rings (SSSR count). The van der Waals surface area contributed by atoms with Gasteiger partial charge < -0.3 is 19.9 Å². The van der Waals surface area contributed by atoms with E-state index in [0.717, 1.165) is 6.42 Å². The standard InChI is InChI=1S/C18H25NO6/c1-12(2)9-10-15(16(20)21)11-19-18(23)25-13(3)24-17(22)14-7-5-4-6-8-14/h4-8,12-13,15H,9-11H2,1-3H3,(H,19,23)(H,20,21)/t13-,15-/m0/s1. The molecule has 7 heteroatoms. The molecule has 0 fully saturated rings. The van der Waals surface area contributed by atoms with E-state index in [9.17, 15) is 14.4 Å². The van der Waals surface area contributed by atoms with E-state index in [1.165, 1.54) is 6.92 Å². The molecule has 0 unspecified atom stereocenters. The molecule has 138 valence electrons. The Morgan fingerprint density at radius 1 is 1.04 bits per heavy atom. The second-order valence-electron chi connectivity index (χ2n) is 6.13. The van der Waals surface area contributed by atoms with E-state index in [1.54, 1.807) is 30.3 Å². The molecule has 1 aromatic rings. The first-order chi connectivity index (χ1) is 11.8. The maximum absolute atomic E-state index is 11.8. The number of hydrogen-bond acceptors (Lipinski definition) is 5. The molecule has 0 saturated carbocycles. The molecule has 0 radical (unpaired) electrons. The summed E-state index contributed by atoms with van der Waals surface area (Å²) in [7, 11) is 0. The van der Waals surface area contributed by atoms with Crippen LogP contribution >= 0.6 is 0 Å². The fourth-order valence-electron chi connectivity index (χ4n) is 2.06. The topological polar surface area (TPSA) is 102 Å². The minimum atomic E-state index is -1.09. The van der Waals surface area contributed by atoms with Crippen molar-refractivity contribution >= 4 is 18.0 Å². The van der Waals surface area contributed by atoms with Crippen molar-refractivity contribution < 1.29 is 29.0 Å². The predicted octanol–water partition coefficient (Wildman–Crippen LogP) is 3.05. The summed E-state index contributed by atoms with van der Waals surface area (Å²) in [4.78, 5) is 34.7. The van der Waals surface area contributed by atoms with Gasteiger partial charge in [0.15, 0.2) is 0 Å². The number of carbonyl (C=O) groups excluding carboxylic acids is 2. The number of ether oxygens (including phenoxy) is 2. The van der Waals surface area contributed by atoms with Crippen LogP contribution in [0.3, 0.4) is 0 Å². The summed E-state index contributed by atoms with van der Waals surface area (Å²) in [5, 5.41) is 11.6. The zero-order chi connectivity index (χ0) is 18.8. The van der Waals surface area contributed by atoms with Gasteiger partial charge in [0.25, 0.3) is 0 Å². The first kappa shape index (κ1) is 20.5. The third kappa shape index (κ3) is 8.19. The van der Waals surface area contributed by atoms with Crippen LogP contribution in [0.1, 0.15) is 44.0 Å². The Morgan fingerprint density at radius 2 is 1.68 bits per heavy atom. The SMILES string of the molecule is CC(C)CC[C@@H](CNC(=O)O[C@@H](C)OC(=O)c1ccccc1)C(=O)O. The average molecular weight is 351 g/mol. The summed E-state index contributed by atoms with van der Waals surface area (Å²) in [5.41, 5.74) is 0.345. The van der Waals surface area contributed by atoms with Crippen LogP contribution in [0, 0.1) is 11.8 Å². The zero-order valence-electron chi connectivity index (χ0n) is 14.7. The normalized spacial score (nSPS) is 13.0. The number of carbonyl (C=O) groups is 3. The van der Waals surface area contributed by atoms with E-state index >= 15 is 0 Å². The second kappa shape index (κ2) is 10.3. The van der Waals surface area contributed by atoms with Crippen molar-refractivity contribution in [1.82, 2.24) is 5.32 Å². The molecule has 0 spiro atoms. The summed E-state index contributed by atoms with van der Waals surface area (Å²) in [6, 6.07) is 8.32. The van der Waals surface area contributed by atoms with Gasteiger partial charge in [0.1, 0.15) is 0 Å². The van der Waals surface area contributed by atoms with Gasteiger partial charge in [-0.2, -0.15) is 0 Å². The molecule has 2 atom stereocenters. The van der Waals surface area contributed by atoms with Crippen molar-refractivity contribution in [3.05, 3.63) is 35.9 Å². The first-order valence-electron chi connectivity index (χ1n) is 8.23. The maximum Gasteiger partial charge on any atom is 0.410 e. The Balaban J connectivity index is 2.39. The van der Waals surface area contributed by atoms with Crippen LogP contribution in [0.15, 0.2) is 30.3 Å². The van der Waals surface area contributed by atoms with Crippen LogP contribution in [-0.2, 0) is 14.3 Å². The van der Waals surface area contributed by atoms with Crippen molar-refractivity contribution in [3.8, 4) is 0 Å². The van der Waals surface area contributed by atoms with Gasteiger partial charge in [0.05, 0.1) is 11.5 Å². The van der Waals surface area contributed by atoms with Crippen molar-refractivity contribution in [2.24, 2.45) is 11.8 Å². The fourth-order valence-corrected chi connectivity index (χ4v) is 2.06. The first-order valence-corrected chi connectivity index (χ1v) is 8.23. The number of aliphatic carboxylic acids is 1. The number of rotatable bonds is 9. The number of amides is 1. The summed E-state index contributed by atoms with van der Waals surface area (Å²) in [6.07, 6.45) is -0.708.